The van der Waals surface area contributed by atoms with Gasteiger partial charge in [-0.25, -0.2) is 0 Å². The zero-order valence-electron chi connectivity index (χ0n) is 10.2. The summed E-state index contributed by atoms with van der Waals surface area (Å²) < 4.78 is 5.51. The van der Waals surface area contributed by atoms with E-state index in [1.807, 2.05) is 13.0 Å². The predicted octanol–water partition coefficient (Wildman–Crippen LogP) is 2.38. The number of nitrogens with one attached hydrogen (secondary N) is 1. The first-order valence-electron chi connectivity index (χ1n) is 5.94. The van der Waals surface area contributed by atoms with E-state index < -0.39 is 0 Å². The van der Waals surface area contributed by atoms with Crippen LogP contribution in [0.15, 0.2) is 12.7 Å². The number of hydrazine groups is 1. The number of unbranched alkanes of at least 4 members (excludes halogenated alkanes) is 3. The average Bonchev–Trinajstić information content (AvgIpc) is 2.23. The Hall–Kier alpha value is -0.380. The highest BCUT2D eigenvalue weighted by Crippen LogP contribution is 2.10. The van der Waals surface area contributed by atoms with Crippen LogP contribution in [0.25, 0.3) is 0 Å². The normalized spacial score (nSPS) is 14.9. The van der Waals surface area contributed by atoms with E-state index in [0.29, 0.717) is 0 Å². The van der Waals surface area contributed by atoms with E-state index in [2.05, 4.69) is 18.9 Å². The van der Waals surface area contributed by atoms with Crippen molar-refractivity contribution in [1.29, 1.82) is 0 Å². The minimum atomic E-state index is 0.194. The molecule has 0 rings (SSSR count). The number of ether oxygens (including phenoxy) is 1. The Labute approximate surface area is 94.0 Å². The average molecular weight is 214 g/mol. The van der Waals surface area contributed by atoms with Gasteiger partial charge >= 0.3 is 0 Å². The molecule has 2 atom stereocenters. The first kappa shape index (κ1) is 14.6. The second-order valence-corrected chi connectivity index (χ2v) is 3.86. The van der Waals surface area contributed by atoms with Gasteiger partial charge in [0.1, 0.15) is 0 Å². The lowest BCUT2D eigenvalue weighted by Gasteiger charge is -2.22. The van der Waals surface area contributed by atoms with Crippen molar-refractivity contribution in [2.24, 2.45) is 5.84 Å². The van der Waals surface area contributed by atoms with Crippen molar-refractivity contribution in [3.8, 4) is 0 Å². The maximum Gasteiger partial charge on any atom is 0.0713 e. The third kappa shape index (κ3) is 7.54. The summed E-state index contributed by atoms with van der Waals surface area (Å²) in [6.45, 7) is 8.53. The Balaban J connectivity index is 3.55. The Morgan fingerprint density at radius 2 is 2.13 bits per heavy atom. The van der Waals surface area contributed by atoms with Gasteiger partial charge in [-0.1, -0.05) is 18.9 Å². The smallest absolute Gasteiger partial charge is 0.0713 e. The van der Waals surface area contributed by atoms with Crippen molar-refractivity contribution in [3.63, 3.8) is 0 Å². The maximum absolute atomic E-state index is 5.51. The molecule has 0 spiro atoms. The second kappa shape index (κ2) is 10.1. The molecule has 2 unspecified atom stereocenters. The van der Waals surface area contributed by atoms with E-state index in [9.17, 15) is 0 Å². The molecule has 90 valence electrons. The lowest BCUT2D eigenvalue weighted by molar-refractivity contribution is 0.0445. The number of hydrogen-bond acceptors (Lipinski definition) is 3. The molecule has 0 aliphatic carbocycles. The summed E-state index contributed by atoms with van der Waals surface area (Å²) in [5, 5.41) is 0. The predicted molar refractivity (Wildman–Crippen MR) is 65.5 cm³/mol. The summed E-state index contributed by atoms with van der Waals surface area (Å²) in [7, 11) is 0. The highest BCUT2D eigenvalue weighted by atomic mass is 16.5. The number of rotatable bonds is 10. The fourth-order valence-corrected chi connectivity index (χ4v) is 1.66. The number of hydrogen-bond donors (Lipinski definition) is 2. The highest BCUT2D eigenvalue weighted by Gasteiger charge is 2.14. The van der Waals surface area contributed by atoms with E-state index in [-0.39, 0.29) is 12.1 Å². The minimum absolute atomic E-state index is 0.194. The SMILES string of the molecule is C=CCCCCCC(NN)C(C)OCC. The van der Waals surface area contributed by atoms with E-state index >= 15 is 0 Å². The lowest BCUT2D eigenvalue weighted by atomic mass is 10.0. The minimum Gasteiger partial charge on any atom is -0.377 e. The summed E-state index contributed by atoms with van der Waals surface area (Å²) >= 11 is 0. The molecule has 0 radical (unpaired) electrons. The molecule has 15 heavy (non-hydrogen) atoms. The number of nitrogens with two attached hydrogens (primary N) is 1. The Bertz CT molecular complexity index is 151. The highest BCUT2D eigenvalue weighted by molar-refractivity contribution is 4.72. The van der Waals surface area contributed by atoms with E-state index in [1.165, 1.54) is 19.3 Å². The molecule has 0 aromatic carbocycles. The molecule has 0 aliphatic heterocycles. The molecule has 0 saturated heterocycles. The van der Waals surface area contributed by atoms with E-state index in [4.69, 9.17) is 10.6 Å². The third-order valence-electron chi connectivity index (χ3n) is 2.63. The van der Waals surface area contributed by atoms with Gasteiger partial charge in [0.15, 0.2) is 0 Å². The topological polar surface area (TPSA) is 47.3 Å². The zero-order chi connectivity index (χ0) is 11.5. The monoisotopic (exact) mass is 214 g/mol. The van der Waals surface area contributed by atoms with E-state index in [0.717, 1.165) is 19.4 Å². The van der Waals surface area contributed by atoms with Crippen molar-refractivity contribution in [2.75, 3.05) is 6.61 Å². The van der Waals surface area contributed by atoms with Crippen LogP contribution < -0.4 is 11.3 Å². The third-order valence-corrected chi connectivity index (χ3v) is 2.63. The molecular formula is C12H26N2O. The van der Waals surface area contributed by atoms with Crippen LogP contribution in [0.5, 0.6) is 0 Å². The summed E-state index contributed by atoms with van der Waals surface area (Å²) in [4.78, 5) is 0. The van der Waals surface area contributed by atoms with Crippen molar-refractivity contribution in [3.05, 3.63) is 12.7 Å². The van der Waals surface area contributed by atoms with Gasteiger partial charge in [0, 0.05) is 12.6 Å². The van der Waals surface area contributed by atoms with Gasteiger partial charge in [0.2, 0.25) is 0 Å². The van der Waals surface area contributed by atoms with Gasteiger partial charge in [0.05, 0.1) is 6.10 Å². The van der Waals surface area contributed by atoms with Crippen molar-refractivity contribution < 1.29 is 4.74 Å². The first-order chi connectivity index (χ1) is 7.26. The molecule has 3 nitrogen and oxygen atoms in total. The Morgan fingerprint density at radius 3 is 2.67 bits per heavy atom. The van der Waals surface area contributed by atoms with Gasteiger partial charge in [-0.3, -0.25) is 11.3 Å². The van der Waals surface area contributed by atoms with Crippen LogP contribution in [-0.2, 0) is 4.74 Å². The summed E-state index contributed by atoms with van der Waals surface area (Å²) in [6, 6.07) is 0.272. The summed E-state index contributed by atoms with van der Waals surface area (Å²) in [5.41, 5.74) is 2.83. The molecule has 0 fully saturated rings. The standard InChI is InChI=1S/C12H26N2O/c1-4-6-7-8-9-10-12(14-13)11(3)15-5-2/h4,11-12,14H,1,5-10,13H2,2-3H3. The summed E-state index contributed by atoms with van der Waals surface area (Å²) in [6.07, 6.45) is 8.02. The fourth-order valence-electron chi connectivity index (χ4n) is 1.66. The van der Waals surface area contributed by atoms with Gasteiger partial charge in [0.25, 0.3) is 0 Å². The molecule has 3 heteroatoms. The van der Waals surface area contributed by atoms with Crippen LogP contribution in [0.1, 0.15) is 46.0 Å². The molecule has 0 aromatic heterocycles. The summed E-state index contributed by atoms with van der Waals surface area (Å²) in [5.74, 6) is 5.50. The second-order valence-electron chi connectivity index (χ2n) is 3.86. The molecule has 0 aliphatic rings. The van der Waals surface area contributed by atoms with Crippen LogP contribution in [-0.4, -0.2) is 18.8 Å². The molecule has 3 N–H and O–H groups in total. The molecule has 0 aromatic rings. The van der Waals surface area contributed by atoms with E-state index in [1.54, 1.807) is 0 Å². The fraction of sp³-hybridized carbons (Fsp3) is 0.833. The Kier molecular flexibility index (Phi) is 9.89. The van der Waals surface area contributed by atoms with Gasteiger partial charge in [-0.15, -0.1) is 6.58 Å². The van der Waals surface area contributed by atoms with Crippen LogP contribution in [0.2, 0.25) is 0 Å². The molecule has 0 saturated carbocycles. The van der Waals surface area contributed by atoms with Gasteiger partial charge in [-0.05, 0) is 33.1 Å². The zero-order valence-corrected chi connectivity index (χ0v) is 10.2. The van der Waals surface area contributed by atoms with Crippen LogP contribution in [0.3, 0.4) is 0 Å². The molecule has 0 heterocycles. The quantitative estimate of drug-likeness (QED) is 0.254. The Morgan fingerprint density at radius 1 is 1.40 bits per heavy atom. The molecule has 0 amide bonds. The van der Waals surface area contributed by atoms with Crippen LogP contribution in [0, 0.1) is 0 Å². The molecule has 0 bridgehead atoms. The van der Waals surface area contributed by atoms with Crippen LogP contribution >= 0.6 is 0 Å². The van der Waals surface area contributed by atoms with Gasteiger partial charge < -0.3 is 4.74 Å². The van der Waals surface area contributed by atoms with Crippen molar-refractivity contribution in [1.82, 2.24) is 5.43 Å². The van der Waals surface area contributed by atoms with Crippen molar-refractivity contribution in [2.45, 2.75) is 58.1 Å². The maximum atomic E-state index is 5.51. The molecular weight excluding hydrogens is 188 g/mol. The van der Waals surface area contributed by atoms with Crippen LogP contribution in [0.4, 0.5) is 0 Å². The number of allylic oxidation sites excluding steroid dienone is 1. The first-order valence-corrected chi connectivity index (χ1v) is 5.94. The van der Waals surface area contributed by atoms with Gasteiger partial charge in [-0.2, -0.15) is 0 Å². The largest absolute Gasteiger partial charge is 0.377 e. The lowest BCUT2D eigenvalue weighted by Crippen LogP contribution is -2.43. The van der Waals surface area contributed by atoms with Crippen molar-refractivity contribution >= 4 is 0 Å².